The maximum absolute atomic E-state index is 4.72. The van der Waals surface area contributed by atoms with Crippen molar-refractivity contribution in [3.8, 4) is 0 Å². The van der Waals surface area contributed by atoms with Crippen LogP contribution in [0, 0.1) is 0 Å². The van der Waals surface area contributed by atoms with Gasteiger partial charge in [0.15, 0.2) is 0 Å². The molecule has 3 rings (SSSR count). The molecule has 1 aromatic carbocycles. The lowest BCUT2D eigenvalue weighted by Gasteiger charge is -2.13. The van der Waals surface area contributed by atoms with E-state index in [0.29, 0.717) is 0 Å². The van der Waals surface area contributed by atoms with E-state index in [-0.39, 0.29) is 6.04 Å². The van der Waals surface area contributed by atoms with Gasteiger partial charge in [-0.15, -0.1) is 11.3 Å². The molecule has 0 aliphatic rings. The lowest BCUT2D eigenvalue weighted by Crippen LogP contribution is -2.20. The quantitative estimate of drug-likeness (QED) is 0.787. The second kappa shape index (κ2) is 5.15. The first-order chi connectivity index (χ1) is 9.25. The number of nitrogens with one attached hydrogen (secondary N) is 1. The molecule has 1 unspecified atom stereocenters. The number of nitrogens with zero attached hydrogens (tertiary/aromatic N) is 2. The zero-order valence-electron chi connectivity index (χ0n) is 11.1. The van der Waals surface area contributed by atoms with E-state index >= 15 is 0 Å². The van der Waals surface area contributed by atoms with Gasteiger partial charge in [0.25, 0.3) is 0 Å². The fourth-order valence-electron chi connectivity index (χ4n) is 2.31. The molecule has 0 aliphatic carbocycles. The van der Waals surface area contributed by atoms with Crippen LogP contribution in [0.25, 0.3) is 11.0 Å². The van der Waals surface area contributed by atoms with Crippen LogP contribution in [-0.4, -0.2) is 9.55 Å². The van der Waals surface area contributed by atoms with Gasteiger partial charge < -0.3 is 9.88 Å². The van der Waals surface area contributed by atoms with E-state index < -0.39 is 0 Å². The molecule has 1 N–H and O–H groups in total. The van der Waals surface area contributed by atoms with E-state index in [2.05, 4.69) is 59.6 Å². The van der Waals surface area contributed by atoms with E-state index in [1.807, 2.05) is 6.07 Å². The number of thiophene rings is 1. The van der Waals surface area contributed by atoms with Crippen LogP contribution in [0.1, 0.15) is 23.7 Å². The van der Waals surface area contributed by atoms with Crippen molar-refractivity contribution in [1.82, 2.24) is 14.9 Å². The molecule has 0 spiro atoms. The molecule has 19 heavy (non-hydrogen) atoms. The molecule has 4 heteroatoms. The molecule has 3 nitrogen and oxygen atoms in total. The van der Waals surface area contributed by atoms with Crippen LogP contribution in [0.15, 0.2) is 41.8 Å². The first-order valence-corrected chi connectivity index (χ1v) is 7.31. The molecule has 98 valence electrons. The van der Waals surface area contributed by atoms with Crippen LogP contribution < -0.4 is 5.32 Å². The Bertz CT molecular complexity index is 670. The third kappa shape index (κ3) is 2.41. The van der Waals surface area contributed by atoms with Crippen molar-refractivity contribution in [2.24, 2.45) is 7.05 Å². The summed E-state index contributed by atoms with van der Waals surface area (Å²) < 4.78 is 2.17. The number of aromatic nitrogens is 2. The van der Waals surface area contributed by atoms with Crippen molar-refractivity contribution in [2.45, 2.75) is 19.5 Å². The van der Waals surface area contributed by atoms with Crippen molar-refractivity contribution in [2.75, 3.05) is 0 Å². The third-order valence-electron chi connectivity index (χ3n) is 3.37. The van der Waals surface area contributed by atoms with E-state index in [0.717, 1.165) is 17.9 Å². The number of para-hydroxylation sites is 2. The molecule has 0 fully saturated rings. The summed E-state index contributed by atoms with van der Waals surface area (Å²) in [6, 6.07) is 12.7. The molecule has 3 aromatic rings. The molecule has 2 heterocycles. The summed E-state index contributed by atoms with van der Waals surface area (Å²) in [5.41, 5.74) is 2.24. The molecule has 2 aromatic heterocycles. The standard InChI is InChI=1S/C15H17N3S/c1-11(16-10-12-6-5-9-19-12)15-17-13-7-3-4-8-14(13)18(15)2/h3-9,11,16H,10H2,1-2H3. The first kappa shape index (κ1) is 12.4. The highest BCUT2D eigenvalue weighted by molar-refractivity contribution is 7.09. The van der Waals surface area contributed by atoms with E-state index in [4.69, 9.17) is 4.98 Å². The van der Waals surface area contributed by atoms with Crippen LogP contribution in [-0.2, 0) is 13.6 Å². The Morgan fingerprint density at radius 3 is 2.84 bits per heavy atom. The summed E-state index contributed by atoms with van der Waals surface area (Å²) in [6.07, 6.45) is 0. The first-order valence-electron chi connectivity index (χ1n) is 6.43. The number of fused-ring (bicyclic) bond motifs is 1. The van der Waals surface area contributed by atoms with Gasteiger partial charge in [0.05, 0.1) is 17.1 Å². The predicted octanol–water partition coefficient (Wildman–Crippen LogP) is 3.49. The molecular weight excluding hydrogens is 254 g/mol. The monoisotopic (exact) mass is 271 g/mol. The molecule has 0 amide bonds. The van der Waals surface area contributed by atoms with Gasteiger partial charge in [0.2, 0.25) is 0 Å². The van der Waals surface area contributed by atoms with Crippen LogP contribution in [0.2, 0.25) is 0 Å². The van der Waals surface area contributed by atoms with Gasteiger partial charge in [-0.3, -0.25) is 0 Å². The van der Waals surface area contributed by atoms with Crippen molar-refractivity contribution in [1.29, 1.82) is 0 Å². The minimum Gasteiger partial charge on any atom is -0.330 e. The highest BCUT2D eigenvalue weighted by Gasteiger charge is 2.13. The van der Waals surface area contributed by atoms with E-state index in [9.17, 15) is 0 Å². The van der Waals surface area contributed by atoms with Crippen molar-refractivity contribution >= 4 is 22.4 Å². The van der Waals surface area contributed by atoms with Gasteiger partial charge in [0.1, 0.15) is 5.82 Å². The topological polar surface area (TPSA) is 29.9 Å². The summed E-state index contributed by atoms with van der Waals surface area (Å²) in [7, 11) is 2.08. The second-order valence-electron chi connectivity index (χ2n) is 4.70. The Morgan fingerprint density at radius 1 is 1.26 bits per heavy atom. The lowest BCUT2D eigenvalue weighted by atomic mass is 10.3. The Morgan fingerprint density at radius 2 is 2.11 bits per heavy atom. The van der Waals surface area contributed by atoms with Crippen LogP contribution in [0.4, 0.5) is 0 Å². The van der Waals surface area contributed by atoms with Gasteiger partial charge in [0, 0.05) is 18.5 Å². The van der Waals surface area contributed by atoms with Gasteiger partial charge in [-0.2, -0.15) is 0 Å². The Labute approximate surface area is 116 Å². The minimum atomic E-state index is 0.236. The average molecular weight is 271 g/mol. The highest BCUT2D eigenvalue weighted by Crippen LogP contribution is 2.19. The predicted molar refractivity (Wildman–Crippen MR) is 80.3 cm³/mol. The maximum atomic E-state index is 4.72. The summed E-state index contributed by atoms with van der Waals surface area (Å²) in [5.74, 6) is 1.08. The SMILES string of the molecule is CC(NCc1cccs1)c1nc2ccccc2n1C. The molecule has 0 saturated carbocycles. The highest BCUT2D eigenvalue weighted by atomic mass is 32.1. The Kier molecular flexibility index (Phi) is 3.36. The van der Waals surface area contributed by atoms with Gasteiger partial charge in [-0.25, -0.2) is 4.98 Å². The molecule has 1 atom stereocenters. The fourth-order valence-corrected chi connectivity index (χ4v) is 2.97. The summed E-state index contributed by atoms with van der Waals surface area (Å²) in [6.45, 7) is 3.05. The number of imidazole rings is 1. The summed E-state index contributed by atoms with van der Waals surface area (Å²) >= 11 is 1.78. The largest absolute Gasteiger partial charge is 0.330 e. The third-order valence-corrected chi connectivity index (χ3v) is 4.25. The molecule has 0 saturated heterocycles. The number of aryl methyl sites for hydroxylation is 1. The van der Waals surface area contributed by atoms with Crippen molar-refractivity contribution < 1.29 is 0 Å². The zero-order valence-corrected chi connectivity index (χ0v) is 11.9. The zero-order chi connectivity index (χ0) is 13.2. The minimum absolute atomic E-state index is 0.236. The van der Waals surface area contributed by atoms with Crippen molar-refractivity contribution in [3.63, 3.8) is 0 Å². The summed E-state index contributed by atoms with van der Waals surface area (Å²) in [4.78, 5) is 6.07. The molecule has 0 bridgehead atoms. The maximum Gasteiger partial charge on any atom is 0.126 e. The van der Waals surface area contributed by atoms with E-state index in [1.54, 1.807) is 11.3 Å². The van der Waals surface area contributed by atoms with Gasteiger partial charge >= 0.3 is 0 Å². The number of benzene rings is 1. The number of hydrogen-bond acceptors (Lipinski definition) is 3. The molecule has 0 aliphatic heterocycles. The number of hydrogen-bond donors (Lipinski definition) is 1. The smallest absolute Gasteiger partial charge is 0.126 e. The van der Waals surface area contributed by atoms with Crippen LogP contribution in [0.5, 0.6) is 0 Å². The van der Waals surface area contributed by atoms with Crippen molar-refractivity contribution in [3.05, 3.63) is 52.5 Å². The summed E-state index contributed by atoms with van der Waals surface area (Å²) in [5, 5.41) is 5.64. The Balaban J connectivity index is 1.81. The normalized spacial score (nSPS) is 12.9. The average Bonchev–Trinajstić information content (AvgIpc) is 3.05. The fraction of sp³-hybridized carbons (Fsp3) is 0.267. The Hall–Kier alpha value is -1.65. The van der Waals surface area contributed by atoms with E-state index in [1.165, 1.54) is 10.4 Å². The second-order valence-corrected chi connectivity index (χ2v) is 5.73. The van der Waals surface area contributed by atoms with Crippen LogP contribution in [0.3, 0.4) is 0 Å². The van der Waals surface area contributed by atoms with Gasteiger partial charge in [-0.1, -0.05) is 18.2 Å². The van der Waals surface area contributed by atoms with Gasteiger partial charge in [-0.05, 0) is 30.5 Å². The molecule has 0 radical (unpaired) electrons. The number of rotatable bonds is 4. The lowest BCUT2D eigenvalue weighted by molar-refractivity contribution is 0.536. The molecular formula is C15H17N3S. The van der Waals surface area contributed by atoms with Crippen LogP contribution >= 0.6 is 11.3 Å².